The molecule has 2 rings (SSSR count). The quantitative estimate of drug-likeness (QED) is 0.805. The highest BCUT2D eigenvalue weighted by molar-refractivity contribution is 9.10. The molecule has 1 aromatic carbocycles. The average Bonchev–Trinajstić information content (AvgIpc) is 2.29. The van der Waals surface area contributed by atoms with Crippen molar-refractivity contribution in [2.75, 3.05) is 18.8 Å². The van der Waals surface area contributed by atoms with E-state index in [0.717, 1.165) is 30.4 Å². The largest absolute Gasteiger partial charge is 0.398 e. The topological polar surface area (TPSA) is 46.3 Å². The molecule has 0 saturated carbocycles. The molecule has 0 radical (unpaired) electrons. The number of nitrogens with zero attached hydrogens (tertiary/aromatic N) is 1. The van der Waals surface area contributed by atoms with Gasteiger partial charge in [-0.1, -0.05) is 15.9 Å². The van der Waals surface area contributed by atoms with E-state index in [-0.39, 0.29) is 5.91 Å². The van der Waals surface area contributed by atoms with Crippen LogP contribution in [0.2, 0.25) is 0 Å². The first-order chi connectivity index (χ1) is 7.68. The van der Waals surface area contributed by atoms with Crippen molar-refractivity contribution in [3.63, 3.8) is 0 Å². The zero-order chi connectivity index (χ0) is 11.5. The van der Waals surface area contributed by atoms with E-state index in [1.165, 1.54) is 6.42 Å². The van der Waals surface area contributed by atoms with Gasteiger partial charge in [-0.2, -0.15) is 0 Å². The lowest BCUT2D eigenvalue weighted by molar-refractivity contribution is 0.0725. The number of hydrogen-bond acceptors (Lipinski definition) is 2. The van der Waals surface area contributed by atoms with E-state index in [4.69, 9.17) is 5.73 Å². The van der Waals surface area contributed by atoms with Crippen LogP contribution < -0.4 is 5.73 Å². The zero-order valence-electron chi connectivity index (χ0n) is 9.08. The monoisotopic (exact) mass is 282 g/mol. The van der Waals surface area contributed by atoms with Gasteiger partial charge < -0.3 is 10.6 Å². The number of nitrogen functional groups attached to an aromatic ring is 1. The molecule has 1 saturated heterocycles. The number of benzene rings is 1. The third kappa shape index (κ3) is 2.38. The Labute approximate surface area is 104 Å². The number of carbonyl (C=O) groups excluding carboxylic acids is 1. The van der Waals surface area contributed by atoms with Crippen LogP contribution in [0.4, 0.5) is 5.69 Å². The Morgan fingerprint density at radius 2 is 1.94 bits per heavy atom. The van der Waals surface area contributed by atoms with Crippen molar-refractivity contribution < 1.29 is 4.79 Å². The summed E-state index contributed by atoms with van der Waals surface area (Å²) >= 11 is 3.34. The van der Waals surface area contributed by atoms with Crippen LogP contribution >= 0.6 is 15.9 Å². The van der Waals surface area contributed by atoms with Crippen LogP contribution in [-0.2, 0) is 0 Å². The number of piperidine rings is 1. The molecule has 0 aliphatic carbocycles. The minimum atomic E-state index is 0.0599. The molecule has 86 valence electrons. The molecule has 4 heteroatoms. The van der Waals surface area contributed by atoms with Gasteiger partial charge in [-0.25, -0.2) is 0 Å². The van der Waals surface area contributed by atoms with Crippen LogP contribution in [0.25, 0.3) is 0 Å². The summed E-state index contributed by atoms with van der Waals surface area (Å²) in [5.41, 5.74) is 7.01. The summed E-state index contributed by atoms with van der Waals surface area (Å²) in [4.78, 5) is 14.1. The smallest absolute Gasteiger partial charge is 0.255 e. The molecule has 1 aromatic rings. The Morgan fingerprint density at radius 1 is 1.25 bits per heavy atom. The fourth-order valence-corrected chi connectivity index (χ4v) is 2.37. The summed E-state index contributed by atoms with van der Waals surface area (Å²) in [5, 5.41) is 0. The van der Waals surface area contributed by atoms with Crippen molar-refractivity contribution >= 4 is 27.5 Å². The Hall–Kier alpha value is -1.03. The molecule has 0 bridgehead atoms. The molecule has 1 aliphatic rings. The summed E-state index contributed by atoms with van der Waals surface area (Å²) in [5.74, 6) is 0.0599. The molecular formula is C12H15BrN2O. The third-order valence-corrected chi connectivity index (χ3v) is 3.38. The lowest BCUT2D eigenvalue weighted by Crippen LogP contribution is -2.35. The van der Waals surface area contributed by atoms with Crippen LogP contribution in [0.3, 0.4) is 0 Å². The second-order valence-electron chi connectivity index (χ2n) is 4.08. The Balaban J connectivity index is 2.19. The van der Waals surface area contributed by atoms with E-state index in [9.17, 15) is 4.79 Å². The Kier molecular flexibility index (Phi) is 3.49. The number of anilines is 1. The van der Waals surface area contributed by atoms with E-state index in [1.807, 2.05) is 11.0 Å². The van der Waals surface area contributed by atoms with Crippen molar-refractivity contribution in [3.8, 4) is 0 Å². The van der Waals surface area contributed by atoms with Gasteiger partial charge in [0.05, 0.1) is 5.56 Å². The fraction of sp³-hybridized carbons (Fsp3) is 0.417. The molecule has 0 unspecified atom stereocenters. The van der Waals surface area contributed by atoms with Crippen molar-refractivity contribution in [2.45, 2.75) is 19.3 Å². The van der Waals surface area contributed by atoms with Crippen molar-refractivity contribution in [3.05, 3.63) is 28.2 Å². The number of carbonyl (C=O) groups is 1. The first-order valence-electron chi connectivity index (χ1n) is 5.53. The predicted octanol–water partition coefficient (Wildman–Crippen LogP) is 2.66. The van der Waals surface area contributed by atoms with Gasteiger partial charge >= 0.3 is 0 Å². The van der Waals surface area contributed by atoms with E-state index >= 15 is 0 Å². The number of halogens is 1. The van der Waals surface area contributed by atoms with Crippen LogP contribution in [0.15, 0.2) is 22.7 Å². The van der Waals surface area contributed by atoms with Crippen molar-refractivity contribution in [1.29, 1.82) is 0 Å². The summed E-state index contributed by atoms with van der Waals surface area (Å²) in [6.07, 6.45) is 3.42. The Bertz CT molecular complexity index is 400. The second kappa shape index (κ2) is 4.87. The minimum absolute atomic E-state index is 0.0599. The molecule has 3 nitrogen and oxygen atoms in total. The predicted molar refractivity (Wildman–Crippen MR) is 68.3 cm³/mol. The normalized spacial score (nSPS) is 16.2. The lowest BCUT2D eigenvalue weighted by Gasteiger charge is -2.27. The summed E-state index contributed by atoms with van der Waals surface area (Å²) < 4.78 is 0.903. The molecule has 0 atom stereocenters. The van der Waals surface area contributed by atoms with Crippen LogP contribution in [0.5, 0.6) is 0 Å². The van der Waals surface area contributed by atoms with E-state index in [1.54, 1.807) is 12.1 Å². The highest BCUT2D eigenvalue weighted by Gasteiger charge is 2.19. The van der Waals surface area contributed by atoms with E-state index in [2.05, 4.69) is 15.9 Å². The number of likely N-dealkylation sites (tertiary alicyclic amines) is 1. The average molecular weight is 283 g/mol. The highest BCUT2D eigenvalue weighted by Crippen LogP contribution is 2.21. The summed E-state index contributed by atoms with van der Waals surface area (Å²) in [6.45, 7) is 1.71. The maximum atomic E-state index is 12.2. The Morgan fingerprint density at radius 3 is 2.56 bits per heavy atom. The molecule has 1 heterocycles. The van der Waals surface area contributed by atoms with Gasteiger partial charge in [0.25, 0.3) is 5.91 Å². The third-order valence-electron chi connectivity index (χ3n) is 2.89. The first-order valence-corrected chi connectivity index (χ1v) is 6.32. The highest BCUT2D eigenvalue weighted by atomic mass is 79.9. The standard InChI is InChI=1S/C12H15BrN2O/c13-9-4-5-10(11(14)8-9)12(16)15-6-2-1-3-7-15/h4-5,8H,1-3,6-7,14H2. The summed E-state index contributed by atoms with van der Waals surface area (Å²) in [7, 11) is 0. The number of rotatable bonds is 1. The molecule has 1 fully saturated rings. The maximum absolute atomic E-state index is 12.2. The van der Waals surface area contributed by atoms with Crippen LogP contribution in [0.1, 0.15) is 29.6 Å². The zero-order valence-corrected chi connectivity index (χ0v) is 10.7. The molecular weight excluding hydrogens is 268 g/mol. The van der Waals surface area contributed by atoms with Gasteiger partial charge in [0.15, 0.2) is 0 Å². The fourth-order valence-electron chi connectivity index (χ4n) is 2.00. The lowest BCUT2D eigenvalue weighted by atomic mass is 10.1. The van der Waals surface area contributed by atoms with Crippen molar-refractivity contribution in [2.24, 2.45) is 0 Å². The van der Waals surface area contributed by atoms with Gasteiger partial charge in [-0.15, -0.1) is 0 Å². The molecule has 1 aliphatic heterocycles. The van der Waals surface area contributed by atoms with E-state index in [0.29, 0.717) is 11.3 Å². The van der Waals surface area contributed by atoms with E-state index < -0.39 is 0 Å². The first kappa shape index (κ1) is 11.5. The molecule has 1 amide bonds. The second-order valence-corrected chi connectivity index (χ2v) is 5.00. The van der Waals surface area contributed by atoms with Gasteiger partial charge in [0, 0.05) is 23.2 Å². The van der Waals surface area contributed by atoms with Gasteiger partial charge in [0.1, 0.15) is 0 Å². The van der Waals surface area contributed by atoms with Crippen LogP contribution in [-0.4, -0.2) is 23.9 Å². The van der Waals surface area contributed by atoms with Crippen LogP contribution in [0, 0.1) is 0 Å². The molecule has 16 heavy (non-hydrogen) atoms. The molecule has 2 N–H and O–H groups in total. The number of nitrogens with two attached hydrogens (primary N) is 1. The molecule has 0 aromatic heterocycles. The number of hydrogen-bond donors (Lipinski definition) is 1. The van der Waals surface area contributed by atoms with Gasteiger partial charge in [-0.3, -0.25) is 4.79 Å². The summed E-state index contributed by atoms with van der Waals surface area (Å²) in [6, 6.07) is 5.42. The van der Waals surface area contributed by atoms with Gasteiger partial charge in [0.2, 0.25) is 0 Å². The maximum Gasteiger partial charge on any atom is 0.255 e. The van der Waals surface area contributed by atoms with Gasteiger partial charge in [-0.05, 0) is 37.5 Å². The van der Waals surface area contributed by atoms with Crippen molar-refractivity contribution in [1.82, 2.24) is 4.90 Å². The minimum Gasteiger partial charge on any atom is -0.398 e. The SMILES string of the molecule is Nc1cc(Br)ccc1C(=O)N1CCCCC1. The number of amides is 1. The molecule has 0 spiro atoms.